The molecule has 2 atom stereocenters. The first-order valence-electron chi connectivity index (χ1n) is 7.55. The quantitative estimate of drug-likeness (QED) is 0.810. The van der Waals surface area contributed by atoms with Crippen molar-refractivity contribution in [1.29, 1.82) is 0 Å². The van der Waals surface area contributed by atoms with Crippen molar-refractivity contribution in [1.82, 2.24) is 5.32 Å². The molecular weight excluding hydrogens is 329 g/mol. The maximum absolute atomic E-state index is 12.7. The highest BCUT2D eigenvalue weighted by atomic mass is 35.5. The molecule has 0 aromatic heterocycles. The molecule has 1 fully saturated rings. The number of alkyl halides is 3. The first-order valence-corrected chi connectivity index (χ1v) is 7.55. The minimum atomic E-state index is -4.16. The van der Waals surface area contributed by atoms with Crippen LogP contribution in [0, 0.1) is 5.92 Å². The molecule has 1 saturated carbocycles. The summed E-state index contributed by atoms with van der Waals surface area (Å²) in [4.78, 5) is 11.9. The highest BCUT2D eigenvalue weighted by molar-refractivity contribution is 5.85. The van der Waals surface area contributed by atoms with E-state index in [4.69, 9.17) is 5.73 Å². The van der Waals surface area contributed by atoms with Crippen LogP contribution in [0.25, 0.3) is 0 Å². The van der Waals surface area contributed by atoms with Crippen molar-refractivity contribution in [2.45, 2.75) is 50.7 Å². The average Bonchev–Trinajstić information content (AvgIpc) is 2.46. The van der Waals surface area contributed by atoms with Gasteiger partial charge in [-0.25, -0.2) is 0 Å². The van der Waals surface area contributed by atoms with Gasteiger partial charge in [0.2, 0.25) is 5.91 Å². The van der Waals surface area contributed by atoms with Gasteiger partial charge in [-0.2, -0.15) is 13.2 Å². The third-order valence-corrected chi connectivity index (χ3v) is 4.18. The highest BCUT2D eigenvalue weighted by Crippen LogP contribution is 2.37. The number of benzene rings is 1. The number of carbonyl (C=O) groups excluding carboxylic acids is 1. The highest BCUT2D eigenvalue weighted by Gasteiger charge is 2.42. The van der Waals surface area contributed by atoms with Crippen LogP contribution in [0.2, 0.25) is 0 Å². The number of hydrogen-bond donors (Lipinski definition) is 2. The topological polar surface area (TPSA) is 55.1 Å². The summed E-state index contributed by atoms with van der Waals surface area (Å²) < 4.78 is 38.2. The van der Waals surface area contributed by atoms with Gasteiger partial charge in [-0.3, -0.25) is 4.79 Å². The van der Waals surface area contributed by atoms with Crippen molar-refractivity contribution in [3.05, 3.63) is 29.8 Å². The van der Waals surface area contributed by atoms with Gasteiger partial charge in [-0.15, -0.1) is 12.4 Å². The standard InChI is InChI=1S/C16H21F3N2O.ClH/c17-16(18,19)12-5-3-6-13(10-12)21-15(22)9-8-11-4-1-2-7-14(11)20;/h1-2,4,7,12-13H,3,5-6,8-10,20H2,(H,21,22);1H. The van der Waals surface area contributed by atoms with E-state index in [-0.39, 0.29) is 43.6 Å². The lowest BCUT2D eigenvalue weighted by Gasteiger charge is -2.31. The van der Waals surface area contributed by atoms with Gasteiger partial charge in [0.1, 0.15) is 0 Å². The van der Waals surface area contributed by atoms with Gasteiger partial charge in [0.15, 0.2) is 0 Å². The lowest BCUT2D eigenvalue weighted by molar-refractivity contribution is -0.184. The van der Waals surface area contributed by atoms with E-state index in [1.54, 1.807) is 6.07 Å². The monoisotopic (exact) mass is 350 g/mol. The molecule has 2 unspecified atom stereocenters. The number of hydrogen-bond acceptors (Lipinski definition) is 2. The fraction of sp³-hybridized carbons (Fsp3) is 0.562. The Balaban J connectivity index is 0.00000264. The van der Waals surface area contributed by atoms with E-state index in [1.165, 1.54) is 0 Å². The van der Waals surface area contributed by atoms with Crippen LogP contribution in [0.15, 0.2) is 24.3 Å². The molecular formula is C16H22ClF3N2O. The van der Waals surface area contributed by atoms with Crippen LogP contribution in [-0.4, -0.2) is 18.1 Å². The zero-order valence-electron chi connectivity index (χ0n) is 12.7. The molecule has 23 heavy (non-hydrogen) atoms. The van der Waals surface area contributed by atoms with Gasteiger partial charge in [-0.05, 0) is 37.3 Å². The smallest absolute Gasteiger partial charge is 0.391 e. The maximum Gasteiger partial charge on any atom is 0.391 e. The number of halogens is 4. The summed E-state index contributed by atoms with van der Waals surface area (Å²) >= 11 is 0. The molecule has 1 amide bonds. The van der Waals surface area contributed by atoms with E-state index in [9.17, 15) is 18.0 Å². The van der Waals surface area contributed by atoms with Crippen molar-refractivity contribution >= 4 is 24.0 Å². The normalized spacial score (nSPS) is 21.3. The Hall–Kier alpha value is -1.43. The number of nitrogen functional groups attached to an aromatic ring is 1. The Morgan fingerprint density at radius 3 is 2.61 bits per heavy atom. The van der Waals surface area contributed by atoms with Gasteiger partial charge in [0.25, 0.3) is 0 Å². The van der Waals surface area contributed by atoms with Crippen LogP contribution in [0.1, 0.15) is 37.7 Å². The first kappa shape index (κ1) is 19.6. The van der Waals surface area contributed by atoms with Gasteiger partial charge in [0.05, 0.1) is 5.92 Å². The Bertz CT molecular complexity index is 522. The molecule has 1 aromatic carbocycles. The molecule has 0 saturated heterocycles. The minimum absolute atomic E-state index is 0. The number of carbonyl (C=O) groups is 1. The minimum Gasteiger partial charge on any atom is -0.399 e. The summed E-state index contributed by atoms with van der Waals surface area (Å²) in [6.07, 6.45) is -2.16. The Kier molecular flexibility index (Phi) is 7.19. The number of aryl methyl sites for hydroxylation is 1. The number of nitrogens with one attached hydrogen (secondary N) is 1. The predicted octanol–water partition coefficient (Wildman–Crippen LogP) is 3.86. The largest absolute Gasteiger partial charge is 0.399 e. The SMILES string of the molecule is Cl.Nc1ccccc1CCC(=O)NC1CCCC(C(F)(F)F)C1. The fourth-order valence-corrected chi connectivity index (χ4v) is 2.93. The van der Waals surface area contributed by atoms with Gasteiger partial charge in [0, 0.05) is 18.2 Å². The molecule has 7 heteroatoms. The number of rotatable bonds is 4. The van der Waals surface area contributed by atoms with E-state index in [2.05, 4.69) is 5.32 Å². The van der Waals surface area contributed by atoms with Crippen LogP contribution in [-0.2, 0) is 11.2 Å². The van der Waals surface area contributed by atoms with Crippen molar-refractivity contribution < 1.29 is 18.0 Å². The lowest BCUT2D eigenvalue weighted by atomic mass is 9.85. The molecule has 0 aliphatic heterocycles. The zero-order valence-corrected chi connectivity index (χ0v) is 13.6. The van der Waals surface area contributed by atoms with Crippen molar-refractivity contribution in [3.8, 4) is 0 Å². The number of amides is 1. The van der Waals surface area contributed by atoms with Crippen molar-refractivity contribution in [2.24, 2.45) is 5.92 Å². The average molecular weight is 351 g/mol. The van der Waals surface area contributed by atoms with Crippen LogP contribution in [0.4, 0.5) is 18.9 Å². The summed E-state index contributed by atoms with van der Waals surface area (Å²) in [5, 5.41) is 2.73. The van der Waals surface area contributed by atoms with Gasteiger partial charge in [-0.1, -0.05) is 24.6 Å². The van der Waals surface area contributed by atoms with Gasteiger partial charge < -0.3 is 11.1 Å². The molecule has 130 valence electrons. The zero-order chi connectivity index (χ0) is 16.2. The summed E-state index contributed by atoms with van der Waals surface area (Å²) in [5.41, 5.74) is 7.31. The number of nitrogens with two attached hydrogens (primary N) is 1. The van der Waals surface area contributed by atoms with Crippen LogP contribution < -0.4 is 11.1 Å². The van der Waals surface area contributed by atoms with E-state index >= 15 is 0 Å². The molecule has 2 rings (SSSR count). The third kappa shape index (κ3) is 5.94. The van der Waals surface area contributed by atoms with Crippen molar-refractivity contribution in [3.63, 3.8) is 0 Å². The molecule has 0 spiro atoms. The molecule has 0 heterocycles. The fourth-order valence-electron chi connectivity index (χ4n) is 2.93. The van der Waals surface area contributed by atoms with E-state index in [1.807, 2.05) is 18.2 Å². The Morgan fingerprint density at radius 1 is 1.26 bits per heavy atom. The summed E-state index contributed by atoms with van der Waals surface area (Å²) in [6, 6.07) is 6.91. The van der Waals surface area contributed by atoms with Gasteiger partial charge >= 0.3 is 6.18 Å². The second-order valence-corrected chi connectivity index (χ2v) is 5.87. The second-order valence-electron chi connectivity index (χ2n) is 5.87. The van der Waals surface area contributed by atoms with Crippen LogP contribution in [0.3, 0.4) is 0 Å². The molecule has 1 aromatic rings. The summed E-state index contributed by atoms with van der Waals surface area (Å²) in [5.74, 6) is -1.51. The molecule has 0 radical (unpaired) electrons. The molecule has 1 aliphatic carbocycles. The Labute approximate surface area is 140 Å². The van der Waals surface area contributed by atoms with Crippen LogP contribution in [0.5, 0.6) is 0 Å². The third-order valence-electron chi connectivity index (χ3n) is 4.18. The predicted molar refractivity (Wildman–Crippen MR) is 86.4 cm³/mol. The molecule has 0 bridgehead atoms. The first-order chi connectivity index (χ1) is 10.4. The van der Waals surface area contributed by atoms with Crippen LogP contribution >= 0.6 is 12.4 Å². The second kappa shape index (κ2) is 8.43. The molecule has 3 N–H and O–H groups in total. The van der Waals surface area contributed by atoms with E-state index in [0.717, 1.165) is 5.56 Å². The number of para-hydroxylation sites is 1. The van der Waals surface area contributed by atoms with E-state index < -0.39 is 12.1 Å². The lowest BCUT2D eigenvalue weighted by Crippen LogP contribution is -2.41. The number of anilines is 1. The summed E-state index contributed by atoms with van der Waals surface area (Å²) in [6.45, 7) is 0. The van der Waals surface area contributed by atoms with E-state index in [0.29, 0.717) is 24.9 Å². The summed E-state index contributed by atoms with van der Waals surface area (Å²) in [7, 11) is 0. The maximum atomic E-state index is 12.7. The molecule has 1 aliphatic rings. The molecule has 3 nitrogen and oxygen atoms in total. The van der Waals surface area contributed by atoms with Crippen molar-refractivity contribution in [2.75, 3.05) is 5.73 Å². The Morgan fingerprint density at radius 2 is 1.96 bits per heavy atom.